The van der Waals surface area contributed by atoms with E-state index in [9.17, 15) is 13.2 Å². The van der Waals surface area contributed by atoms with Crippen LogP contribution in [0.1, 0.15) is 19.3 Å². The van der Waals surface area contributed by atoms with E-state index in [1.165, 1.54) is 6.07 Å². The van der Waals surface area contributed by atoms with Crippen molar-refractivity contribution >= 4 is 31.9 Å². The number of carbonyl (C=O) groups excluding carboxylic acids is 1. The lowest BCUT2D eigenvalue weighted by molar-refractivity contribution is -0.129. The van der Waals surface area contributed by atoms with Crippen LogP contribution in [0.15, 0.2) is 33.6 Å². The van der Waals surface area contributed by atoms with Crippen molar-refractivity contribution in [3.8, 4) is 0 Å². The van der Waals surface area contributed by atoms with Crippen LogP contribution < -0.4 is 4.72 Å². The minimum Gasteiger partial charge on any atom is -0.343 e. The van der Waals surface area contributed by atoms with Crippen LogP contribution in [0.3, 0.4) is 0 Å². The van der Waals surface area contributed by atoms with Crippen molar-refractivity contribution in [3.63, 3.8) is 0 Å². The predicted octanol–water partition coefficient (Wildman–Crippen LogP) is 1.74. The number of sulfonamides is 1. The van der Waals surface area contributed by atoms with Crippen molar-refractivity contribution < 1.29 is 13.2 Å². The van der Waals surface area contributed by atoms with Crippen LogP contribution >= 0.6 is 15.9 Å². The Morgan fingerprint density at radius 2 is 1.90 bits per heavy atom. The molecule has 1 aromatic carbocycles. The summed E-state index contributed by atoms with van der Waals surface area (Å²) in [6, 6.07) is 6.60. The van der Waals surface area contributed by atoms with Gasteiger partial charge in [0.15, 0.2) is 0 Å². The van der Waals surface area contributed by atoms with Crippen LogP contribution in [0.2, 0.25) is 0 Å². The second-order valence-electron chi connectivity index (χ2n) is 4.67. The van der Waals surface area contributed by atoms with Crippen LogP contribution in [0.5, 0.6) is 0 Å². The third-order valence-electron chi connectivity index (χ3n) is 3.22. The molecular formula is C13H17BrN2O3S. The summed E-state index contributed by atoms with van der Waals surface area (Å²) < 4.78 is 27.2. The van der Waals surface area contributed by atoms with Gasteiger partial charge in [0, 0.05) is 30.5 Å². The first kappa shape index (κ1) is 15.5. The molecule has 7 heteroatoms. The highest BCUT2D eigenvalue weighted by molar-refractivity contribution is 9.10. The first-order chi connectivity index (χ1) is 9.50. The maximum Gasteiger partial charge on any atom is 0.241 e. The lowest BCUT2D eigenvalue weighted by Crippen LogP contribution is -2.32. The Morgan fingerprint density at radius 3 is 2.55 bits per heavy atom. The van der Waals surface area contributed by atoms with Gasteiger partial charge in [-0.1, -0.05) is 12.1 Å². The summed E-state index contributed by atoms with van der Waals surface area (Å²) in [6.45, 7) is 1.70. The molecular weight excluding hydrogens is 344 g/mol. The van der Waals surface area contributed by atoms with Crippen LogP contribution in [-0.4, -0.2) is 38.9 Å². The van der Waals surface area contributed by atoms with Gasteiger partial charge in [0.1, 0.15) is 0 Å². The molecule has 0 aromatic heterocycles. The number of amides is 1. The van der Waals surface area contributed by atoms with E-state index in [2.05, 4.69) is 20.7 Å². The topological polar surface area (TPSA) is 66.5 Å². The molecule has 0 atom stereocenters. The fourth-order valence-corrected chi connectivity index (χ4v) is 4.19. The molecule has 5 nitrogen and oxygen atoms in total. The number of hydrogen-bond acceptors (Lipinski definition) is 3. The average Bonchev–Trinajstić information content (AvgIpc) is 2.92. The maximum absolute atomic E-state index is 12.1. The largest absolute Gasteiger partial charge is 0.343 e. The first-order valence-corrected chi connectivity index (χ1v) is 8.80. The molecule has 1 aliphatic heterocycles. The highest BCUT2D eigenvalue weighted by Crippen LogP contribution is 2.20. The number of hydrogen-bond donors (Lipinski definition) is 1. The average molecular weight is 361 g/mol. The fraction of sp³-hybridized carbons (Fsp3) is 0.462. The van der Waals surface area contributed by atoms with Gasteiger partial charge in [-0.25, -0.2) is 13.1 Å². The second kappa shape index (κ2) is 6.69. The number of nitrogens with one attached hydrogen (secondary N) is 1. The molecule has 20 heavy (non-hydrogen) atoms. The summed E-state index contributed by atoms with van der Waals surface area (Å²) >= 11 is 3.21. The summed E-state index contributed by atoms with van der Waals surface area (Å²) in [5, 5.41) is 0. The molecule has 1 aliphatic rings. The van der Waals surface area contributed by atoms with Crippen molar-refractivity contribution in [2.75, 3.05) is 19.6 Å². The van der Waals surface area contributed by atoms with E-state index in [0.29, 0.717) is 4.47 Å². The van der Waals surface area contributed by atoms with E-state index in [1.54, 1.807) is 23.1 Å². The summed E-state index contributed by atoms with van der Waals surface area (Å²) in [5.41, 5.74) is 0. The van der Waals surface area contributed by atoms with Crippen LogP contribution in [0.4, 0.5) is 0 Å². The van der Waals surface area contributed by atoms with Crippen molar-refractivity contribution in [2.24, 2.45) is 0 Å². The lowest BCUT2D eigenvalue weighted by atomic mass is 10.4. The lowest BCUT2D eigenvalue weighted by Gasteiger charge is -2.15. The summed E-state index contributed by atoms with van der Waals surface area (Å²) in [7, 11) is -3.58. The van der Waals surface area contributed by atoms with Crippen LogP contribution in [0.25, 0.3) is 0 Å². The quantitative estimate of drug-likeness (QED) is 0.869. The molecule has 0 saturated carbocycles. The Labute approximate surface area is 127 Å². The van der Waals surface area contributed by atoms with E-state index in [4.69, 9.17) is 0 Å². The van der Waals surface area contributed by atoms with Gasteiger partial charge in [0.2, 0.25) is 15.9 Å². The summed E-state index contributed by atoms with van der Waals surface area (Å²) in [4.78, 5) is 13.8. The Kier molecular flexibility index (Phi) is 5.17. The minimum absolute atomic E-state index is 0.0114. The molecule has 1 aromatic rings. The number of likely N-dealkylation sites (tertiary alicyclic amines) is 1. The van der Waals surface area contributed by atoms with Gasteiger partial charge in [-0.2, -0.15) is 0 Å². The normalized spacial score (nSPS) is 15.6. The maximum atomic E-state index is 12.1. The van der Waals surface area contributed by atoms with Gasteiger partial charge < -0.3 is 4.90 Å². The molecule has 0 aliphatic carbocycles. The molecule has 1 heterocycles. The Morgan fingerprint density at radius 1 is 1.25 bits per heavy atom. The zero-order valence-electron chi connectivity index (χ0n) is 11.0. The van der Waals surface area contributed by atoms with Crippen LogP contribution in [-0.2, 0) is 14.8 Å². The van der Waals surface area contributed by atoms with E-state index < -0.39 is 10.0 Å². The molecule has 0 bridgehead atoms. The Balaban J connectivity index is 1.90. The van der Waals surface area contributed by atoms with E-state index in [1.807, 2.05) is 0 Å². The molecule has 1 fully saturated rings. The van der Waals surface area contributed by atoms with Gasteiger partial charge >= 0.3 is 0 Å². The van der Waals surface area contributed by atoms with Crippen molar-refractivity contribution in [3.05, 3.63) is 28.7 Å². The minimum atomic E-state index is -3.58. The zero-order chi connectivity index (χ0) is 14.6. The van der Waals surface area contributed by atoms with Gasteiger partial charge in [-0.3, -0.25) is 4.79 Å². The molecule has 1 amide bonds. The van der Waals surface area contributed by atoms with E-state index >= 15 is 0 Å². The molecule has 1 N–H and O–H groups in total. The first-order valence-electron chi connectivity index (χ1n) is 6.53. The number of rotatable bonds is 5. The Hall–Kier alpha value is -0.920. The predicted molar refractivity (Wildman–Crippen MR) is 79.8 cm³/mol. The van der Waals surface area contributed by atoms with Crippen molar-refractivity contribution in [1.29, 1.82) is 0 Å². The number of carbonyl (C=O) groups is 1. The third-order valence-corrected chi connectivity index (χ3v) is 5.69. The molecule has 2 rings (SSSR count). The Bertz CT molecular complexity index is 583. The number of benzene rings is 1. The molecule has 0 unspecified atom stereocenters. The highest BCUT2D eigenvalue weighted by Gasteiger charge is 2.20. The molecule has 110 valence electrons. The van der Waals surface area contributed by atoms with Gasteiger partial charge in [0.25, 0.3) is 0 Å². The van der Waals surface area contributed by atoms with Crippen molar-refractivity contribution in [2.45, 2.75) is 24.2 Å². The molecule has 1 saturated heterocycles. The zero-order valence-corrected chi connectivity index (χ0v) is 13.4. The second-order valence-corrected chi connectivity index (χ2v) is 7.26. The molecule has 0 spiro atoms. The van der Waals surface area contributed by atoms with Gasteiger partial charge in [-0.15, -0.1) is 0 Å². The van der Waals surface area contributed by atoms with Gasteiger partial charge in [-0.05, 0) is 40.9 Å². The summed E-state index contributed by atoms with van der Waals surface area (Å²) in [5.74, 6) is 0.0114. The number of nitrogens with zero attached hydrogens (tertiary/aromatic N) is 1. The van der Waals surface area contributed by atoms with Gasteiger partial charge in [0.05, 0.1) is 4.90 Å². The number of halogens is 1. The van der Waals surface area contributed by atoms with E-state index in [-0.39, 0.29) is 23.8 Å². The summed E-state index contributed by atoms with van der Waals surface area (Å²) in [6.07, 6.45) is 2.27. The van der Waals surface area contributed by atoms with E-state index in [0.717, 1.165) is 25.9 Å². The highest BCUT2D eigenvalue weighted by atomic mass is 79.9. The van der Waals surface area contributed by atoms with Crippen molar-refractivity contribution in [1.82, 2.24) is 9.62 Å². The fourth-order valence-electron chi connectivity index (χ4n) is 2.16. The van der Waals surface area contributed by atoms with Crippen LogP contribution in [0, 0.1) is 0 Å². The monoisotopic (exact) mass is 360 g/mol. The SMILES string of the molecule is O=C(CCNS(=O)(=O)c1ccccc1Br)N1CCCC1. The molecule has 0 radical (unpaired) electrons. The third kappa shape index (κ3) is 3.80. The smallest absolute Gasteiger partial charge is 0.241 e. The standard InChI is InChI=1S/C13H17BrN2O3S/c14-11-5-1-2-6-12(11)20(18,19)15-8-7-13(17)16-9-3-4-10-16/h1-2,5-6,15H,3-4,7-10H2.